The zero-order chi connectivity index (χ0) is 18.6. The van der Waals surface area contributed by atoms with E-state index in [-0.39, 0.29) is 5.91 Å². The maximum absolute atomic E-state index is 11.5. The van der Waals surface area contributed by atoms with Crippen LogP contribution in [0.4, 0.5) is 0 Å². The fraction of sp³-hybridized carbons (Fsp3) is 0.611. The summed E-state index contributed by atoms with van der Waals surface area (Å²) in [5.41, 5.74) is 0. The van der Waals surface area contributed by atoms with Gasteiger partial charge in [0.2, 0.25) is 5.91 Å². The van der Waals surface area contributed by atoms with Crippen LogP contribution < -0.4 is 20.7 Å². The Morgan fingerprint density at radius 1 is 1.42 bits per heavy atom. The van der Waals surface area contributed by atoms with Crippen LogP contribution in [0.5, 0.6) is 5.75 Å². The molecule has 2 heterocycles. The molecule has 0 aliphatic carbocycles. The van der Waals surface area contributed by atoms with Crippen molar-refractivity contribution in [1.29, 1.82) is 0 Å². The average molecular weight is 362 g/mol. The third-order valence-corrected chi connectivity index (χ3v) is 4.18. The van der Waals surface area contributed by atoms with Gasteiger partial charge in [-0.2, -0.15) is 0 Å². The molecule has 26 heavy (non-hydrogen) atoms. The van der Waals surface area contributed by atoms with Crippen LogP contribution in [0.25, 0.3) is 0 Å². The second kappa shape index (κ2) is 11.3. The molecule has 1 aliphatic heterocycles. The molecule has 3 N–H and O–H groups in total. The molecule has 0 spiro atoms. The molecule has 2 rings (SSSR count). The molecule has 0 bridgehead atoms. The summed E-state index contributed by atoms with van der Waals surface area (Å²) in [4.78, 5) is 22.2. The number of carbonyl (C=O) groups is 1. The highest BCUT2D eigenvalue weighted by molar-refractivity contribution is 5.80. The summed E-state index contributed by atoms with van der Waals surface area (Å²) in [6, 6.07) is 4.10. The summed E-state index contributed by atoms with van der Waals surface area (Å²) >= 11 is 0. The van der Waals surface area contributed by atoms with E-state index in [1.807, 2.05) is 12.1 Å². The molecule has 0 saturated carbocycles. The van der Waals surface area contributed by atoms with E-state index < -0.39 is 0 Å². The summed E-state index contributed by atoms with van der Waals surface area (Å²) in [6.45, 7) is 6.24. The molecule has 1 saturated heterocycles. The van der Waals surface area contributed by atoms with Crippen LogP contribution in [-0.2, 0) is 4.79 Å². The number of likely N-dealkylation sites (tertiary alicyclic amines) is 1. The van der Waals surface area contributed by atoms with Crippen molar-refractivity contribution >= 4 is 11.9 Å². The van der Waals surface area contributed by atoms with Crippen molar-refractivity contribution in [2.24, 2.45) is 4.99 Å². The molecule has 8 nitrogen and oxygen atoms in total. The average Bonchev–Trinajstić information content (AvgIpc) is 2.67. The monoisotopic (exact) mass is 362 g/mol. The van der Waals surface area contributed by atoms with Gasteiger partial charge in [0.05, 0.1) is 19.3 Å². The Hall–Kier alpha value is -2.35. The summed E-state index contributed by atoms with van der Waals surface area (Å²) in [5, 5.41) is 9.43. The Morgan fingerprint density at radius 2 is 2.23 bits per heavy atom. The highest BCUT2D eigenvalue weighted by Crippen LogP contribution is 2.10. The van der Waals surface area contributed by atoms with Crippen LogP contribution >= 0.6 is 0 Å². The van der Waals surface area contributed by atoms with Gasteiger partial charge >= 0.3 is 0 Å². The smallest absolute Gasteiger partial charge is 0.233 e. The number of hydrogen-bond donors (Lipinski definition) is 3. The van der Waals surface area contributed by atoms with Crippen LogP contribution in [-0.4, -0.2) is 74.2 Å². The maximum Gasteiger partial charge on any atom is 0.233 e. The first kappa shape index (κ1) is 20.0. The molecule has 0 unspecified atom stereocenters. The molecule has 1 amide bonds. The second-order valence-corrected chi connectivity index (χ2v) is 6.17. The van der Waals surface area contributed by atoms with Crippen LogP contribution in [0.1, 0.15) is 19.8 Å². The van der Waals surface area contributed by atoms with Gasteiger partial charge in [-0.1, -0.05) is 0 Å². The lowest BCUT2D eigenvalue weighted by atomic mass is 10.1. The predicted molar refractivity (Wildman–Crippen MR) is 102 cm³/mol. The summed E-state index contributed by atoms with van der Waals surface area (Å²) in [7, 11) is 1.67. The number of amides is 1. The van der Waals surface area contributed by atoms with Crippen LogP contribution in [0.2, 0.25) is 0 Å². The fourth-order valence-corrected chi connectivity index (χ4v) is 2.78. The van der Waals surface area contributed by atoms with Gasteiger partial charge in [-0.3, -0.25) is 14.7 Å². The van der Waals surface area contributed by atoms with E-state index >= 15 is 0 Å². The van der Waals surface area contributed by atoms with E-state index in [0.29, 0.717) is 25.7 Å². The number of nitrogens with one attached hydrogen (secondary N) is 3. The van der Waals surface area contributed by atoms with Gasteiger partial charge in [-0.25, -0.2) is 4.99 Å². The summed E-state index contributed by atoms with van der Waals surface area (Å²) < 4.78 is 5.62. The number of carbonyl (C=O) groups excluding carboxylic acids is 1. The lowest BCUT2D eigenvalue weighted by Crippen LogP contribution is -2.50. The number of pyridine rings is 1. The minimum absolute atomic E-state index is 0.0694. The summed E-state index contributed by atoms with van der Waals surface area (Å²) in [5.74, 6) is 1.64. The molecule has 0 aromatic carbocycles. The van der Waals surface area contributed by atoms with Crippen molar-refractivity contribution < 1.29 is 9.53 Å². The Balaban J connectivity index is 1.72. The Morgan fingerprint density at radius 3 is 2.88 bits per heavy atom. The molecule has 0 atom stereocenters. The molecule has 8 heteroatoms. The first-order chi connectivity index (χ1) is 12.7. The minimum atomic E-state index is 0.0694. The lowest BCUT2D eigenvalue weighted by Gasteiger charge is -2.32. The van der Waals surface area contributed by atoms with Gasteiger partial charge < -0.3 is 20.7 Å². The van der Waals surface area contributed by atoms with E-state index in [9.17, 15) is 4.79 Å². The molecule has 1 aromatic heterocycles. The standard InChI is InChI=1S/C18H30N6O2/c1-3-21-18(22-9-12-26-16-5-4-8-20-13-16)23-15-6-10-24(11-7-15)14-17(25)19-2/h4-5,8,13,15H,3,6-7,9-12,14H2,1-2H3,(H,19,25)(H2,21,22,23). The largest absolute Gasteiger partial charge is 0.490 e. The third kappa shape index (κ3) is 7.26. The van der Waals surface area contributed by atoms with Gasteiger partial charge in [0.15, 0.2) is 5.96 Å². The first-order valence-electron chi connectivity index (χ1n) is 9.22. The number of aromatic nitrogens is 1. The maximum atomic E-state index is 11.5. The molecular weight excluding hydrogens is 332 g/mol. The van der Waals surface area contributed by atoms with Crippen molar-refractivity contribution in [1.82, 2.24) is 25.8 Å². The first-order valence-corrected chi connectivity index (χ1v) is 9.22. The number of ether oxygens (including phenoxy) is 1. The number of nitrogens with zero attached hydrogens (tertiary/aromatic N) is 3. The SMILES string of the molecule is CCNC(=NCCOc1cccnc1)NC1CCN(CC(=O)NC)CC1. The fourth-order valence-electron chi connectivity index (χ4n) is 2.78. The zero-order valence-electron chi connectivity index (χ0n) is 15.7. The van der Waals surface area contributed by atoms with Gasteiger partial charge in [-0.15, -0.1) is 0 Å². The number of piperidine rings is 1. The quantitative estimate of drug-likeness (QED) is 0.348. The highest BCUT2D eigenvalue weighted by atomic mass is 16.5. The van der Waals surface area contributed by atoms with Crippen molar-refractivity contribution in [2.45, 2.75) is 25.8 Å². The van der Waals surface area contributed by atoms with Crippen LogP contribution in [0.3, 0.4) is 0 Å². The van der Waals surface area contributed by atoms with E-state index in [0.717, 1.165) is 44.2 Å². The number of aliphatic imine (C=N–C) groups is 1. The van der Waals surface area contributed by atoms with Gasteiger partial charge in [0.25, 0.3) is 0 Å². The number of guanidine groups is 1. The highest BCUT2D eigenvalue weighted by Gasteiger charge is 2.21. The Kier molecular flexibility index (Phi) is 8.68. The number of hydrogen-bond acceptors (Lipinski definition) is 5. The number of rotatable bonds is 8. The van der Waals surface area contributed by atoms with Gasteiger partial charge in [-0.05, 0) is 31.9 Å². The number of likely N-dealkylation sites (N-methyl/N-ethyl adjacent to an activating group) is 1. The van der Waals surface area contributed by atoms with E-state index in [1.54, 1.807) is 19.4 Å². The summed E-state index contributed by atoms with van der Waals surface area (Å²) in [6.07, 6.45) is 5.40. The Labute approximate surface area is 155 Å². The molecule has 0 radical (unpaired) electrons. The molecule has 1 aliphatic rings. The topological polar surface area (TPSA) is 90.9 Å². The van der Waals surface area contributed by atoms with Crippen molar-refractivity contribution in [3.05, 3.63) is 24.5 Å². The van der Waals surface area contributed by atoms with Gasteiger partial charge in [0, 0.05) is 38.9 Å². The van der Waals surface area contributed by atoms with Crippen LogP contribution in [0, 0.1) is 0 Å². The van der Waals surface area contributed by atoms with Gasteiger partial charge in [0.1, 0.15) is 12.4 Å². The minimum Gasteiger partial charge on any atom is -0.490 e. The molecule has 144 valence electrons. The van der Waals surface area contributed by atoms with Crippen molar-refractivity contribution in [3.8, 4) is 5.75 Å². The third-order valence-electron chi connectivity index (χ3n) is 4.18. The Bertz CT molecular complexity index is 558. The molecule has 1 aromatic rings. The van der Waals surface area contributed by atoms with Crippen LogP contribution in [0.15, 0.2) is 29.5 Å². The normalized spacial score (nSPS) is 16.2. The second-order valence-electron chi connectivity index (χ2n) is 6.17. The zero-order valence-corrected chi connectivity index (χ0v) is 15.7. The lowest BCUT2D eigenvalue weighted by molar-refractivity contribution is -0.122. The molecular formula is C18H30N6O2. The van der Waals surface area contributed by atoms with E-state index in [4.69, 9.17) is 4.74 Å². The van der Waals surface area contributed by atoms with E-state index in [1.165, 1.54) is 0 Å². The van der Waals surface area contributed by atoms with Crippen molar-refractivity contribution in [2.75, 3.05) is 46.4 Å². The van der Waals surface area contributed by atoms with E-state index in [2.05, 4.69) is 37.8 Å². The predicted octanol–water partition coefficient (Wildman–Crippen LogP) is 0.226. The molecule has 1 fully saturated rings. The van der Waals surface area contributed by atoms with Crippen molar-refractivity contribution in [3.63, 3.8) is 0 Å².